The molecule has 3 aromatic rings. The maximum atomic E-state index is 12.4. The van der Waals surface area contributed by atoms with Crippen LogP contribution in [0.5, 0.6) is 0 Å². The topological polar surface area (TPSA) is 66.9 Å². The molecule has 0 saturated heterocycles. The highest BCUT2D eigenvalue weighted by atomic mass is 79.9. The molecule has 0 aliphatic carbocycles. The van der Waals surface area contributed by atoms with Crippen molar-refractivity contribution in [2.75, 3.05) is 10.6 Å². The lowest BCUT2D eigenvalue weighted by molar-refractivity contribution is 0.102. The van der Waals surface area contributed by atoms with Gasteiger partial charge >= 0.3 is 0 Å². The summed E-state index contributed by atoms with van der Waals surface area (Å²) in [7, 11) is 0. The maximum absolute atomic E-state index is 12.4. The standard InChI is InChI=1S/C19H17BrN4O/c1-13-5-2-3-6-14(13)11-21-18-10-17(22-12-23-18)19(25)24-16-8-4-7-15(20)9-16/h2-10,12H,11H2,1H3,(H,24,25)(H,21,22,23). The average molecular weight is 397 g/mol. The number of carbonyl (C=O) groups is 1. The van der Waals surface area contributed by atoms with Crippen LogP contribution >= 0.6 is 15.9 Å². The Morgan fingerprint density at radius 2 is 1.92 bits per heavy atom. The van der Waals surface area contributed by atoms with E-state index in [1.807, 2.05) is 36.4 Å². The molecule has 2 N–H and O–H groups in total. The van der Waals surface area contributed by atoms with E-state index >= 15 is 0 Å². The van der Waals surface area contributed by atoms with Gasteiger partial charge in [-0.3, -0.25) is 4.79 Å². The molecule has 0 radical (unpaired) electrons. The molecule has 1 aromatic heterocycles. The molecular weight excluding hydrogens is 380 g/mol. The summed E-state index contributed by atoms with van der Waals surface area (Å²) in [5.74, 6) is 0.331. The van der Waals surface area contributed by atoms with Gasteiger partial charge in [0.1, 0.15) is 17.8 Å². The Labute approximate surface area is 154 Å². The number of rotatable bonds is 5. The zero-order valence-electron chi connectivity index (χ0n) is 13.7. The second-order valence-electron chi connectivity index (χ2n) is 5.53. The van der Waals surface area contributed by atoms with Gasteiger partial charge in [0.25, 0.3) is 5.91 Å². The minimum Gasteiger partial charge on any atom is -0.366 e. The summed E-state index contributed by atoms with van der Waals surface area (Å²) in [6, 6.07) is 17.2. The summed E-state index contributed by atoms with van der Waals surface area (Å²) in [6.07, 6.45) is 1.38. The van der Waals surface area contributed by atoms with Crippen molar-refractivity contribution >= 4 is 33.3 Å². The second-order valence-corrected chi connectivity index (χ2v) is 6.45. The minimum absolute atomic E-state index is 0.278. The van der Waals surface area contributed by atoms with Crippen LogP contribution in [0.15, 0.2) is 65.4 Å². The highest BCUT2D eigenvalue weighted by molar-refractivity contribution is 9.10. The van der Waals surface area contributed by atoms with Crippen molar-refractivity contribution in [3.8, 4) is 0 Å². The number of carbonyl (C=O) groups excluding carboxylic acids is 1. The van der Waals surface area contributed by atoms with Gasteiger partial charge in [-0.25, -0.2) is 9.97 Å². The molecule has 0 saturated carbocycles. The zero-order valence-corrected chi connectivity index (χ0v) is 15.2. The quantitative estimate of drug-likeness (QED) is 0.669. The van der Waals surface area contributed by atoms with E-state index in [2.05, 4.69) is 55.6 Å². The molecule has 0 spiro atoms. The third-order valence-corrected chi connectivity index (χ3v) is 4.20. The molecule has 0 atom stereocenters. The fourth-order valence-corrected chi connectivity index (χ4v) is 2.73. The van der Waals surface area contributed by atoms with Gasteiger partial charge in [0.15, 0.2) is 0 Å². The van der Waals surface area contributed by atoms with Gasteiger partial charge < -0.3 is 10.6 Å². The van der Waals surface area contributed by atoms with Crippen LogP contribution in [0.3, 0.4) is 0 Å². The second kappa shape index (κ2) is 7.90. The normalized spacial score (nSPS) is 10.3. The van der Waals surface area contributed by atoms with E-state index in [-0.39, 0.29) is 5.91 Å². The predicted molar refractivity (Wildman–Crippen MR) is 103 cm³/mol. The van der Waals surface area contributed by atoms with Crippen LogP contribution in [0, 0.1) is 6.92 Å². The molecule has 0 unspecified atom stereocenters. The Balaban J connectivity index is 1.68. The van der Waals surface area contributed by atoms with Gasteiger partial charge in [-0.15, -0.1) is 0 Å². The van der Waals surface area contributed by atoms with Crippen molar-refractivity contribution in [2.45, 2.75) is 13.5 Å². The number of amides is 1. The first-order chi connectivity index (χ1) is 12.1. The Morgan fingerprint density at radius 1 is 1.08 bits per heavy atom. The highest BCUT2D eigenvalue weighted by Gasteiger charge is 2.09. The van der Waals surface area contributed by atoms with Crippen LogP contribution in [-0.4, -0.2) is 15.9 Å². The van der Waals surface area contributed by atoms with E-state index in [0.717, 1.165) is 4.47 Å². The first kappa shape index (κ1) is 17.1. The number of nitrogens with zero attached hydrogens (tertiary/aromatic N) is 2. The minimum atomic E-state index is -0.278. The van der Waals surface area contributed by atoms with E-state index in [1.165, 1.54) is 17.5 Å². The Hall–Kier alpha value is -2.73. The smallest absolute Gasteiger partial charge is 0.274 e. The molecule has 126 valence electrons. The third-order valence-electron chi connectivity index (χ3n) is 3.70. The van der Waals surface area contributed by atoms with Crippen molar-refractivity contribution in [3.05, 3.63) is 82.2 Å². The summed E-state index contributed by atoms with van der Waals surface area (Å²) >= 11 is 3.38. The van der Waals surface area contributed by atoms with Crippen molar-refractivity contribution in [1.29, 1.82) is 0 Å². The molecule has 1 amide bonds. The molecule has 3 rings (SSSR count). The fourth-order valence-electron chi connectivity index (χ4n) is 2.33. The van der Waals surface area contributed by atoms with Crippen molar-refractivity contribution in [3.63, 3.8) is 0 Å². The van der Waals surface area contributed by atoms with Crippen LogP contribution in [0.25, 0.3) is 0 Å². The number of aromatic nitrogens is 2. The van der Waals surface area contributed by atoms with Crippen LogP contribution in [0.2, 0.25) is 0 Å². The Kier molecular flexibility index (Phi) is 5.40. The SMILES string of the molecule is Cc1ccccc1CNc1cc(C(=O)Nc2cccc(Br)c2)ncn1. The summed E-state index contributed by atoms with van der Waals surface area (Å²) < 4.78 is 0.897. The summed E-state index contributed by atoms with van der Waals surface area (Å²) in [4.78, 5) is 20.6. The molecule has 25 heavy (non-hydrogen) atoms. The number of nitrogens with one attached hydrogen (secondary N) is 2. The monoisotopic (exact) mass is 396 g/mol. The van der Waals surface area contributed by atoms with Crippen molar-refractivity contribution in [1.82, 2.24) is 9.97 Å². The molecule has 0 aliphatic heterocycles. The highest BCUT2D eigenvalue weighted by Crippen LogP contribution is 2.17. The van der Waals surface area contributed by atoms with E-state index in [0.29, 0.717) is 23.7 Å². The van der Waals surface area contributed by atoms with Gasteiger partial charge in [0.2, 0.25) is 0 Å². The number of aryl methyl sites for hydroxylation is 1. The number of halogens is 1. The maximum Gasteiger partial charge on any atom is 0.274 e. The number of benzene rings is 2. The fraction of sp³-hybridized carbons (Fsp3) is 0.105. The van der Waals surface area contributed by atoms with E-state index in [1.54, 1.807) is 6.07 Å². The first-order valence-corrected chi connectivity index (χ1v) is 8.58. The molecule has 0 bridgehead atoms. The summed E-state index contributed by atoms with van der Waals surface area (Å²) in [5.41, 5.74) is 3.40. The summed E-state index contributed by atoms with van der Waals surface area (Å²) in [6.45, 7) is 2.70. The van der Waals surface area contributed by atoms with Crippen molar-refractivity contribution in [2.24, 2.45) is 0 Å². The van der Waals surface area contributed by atoms with Crippen LogP contribution in [-0.2, 0) is 6.54 Å². The van der Waals surface area contributed by atoms with Crippen molar-refractivity contribution < 1.29 is 4.79 Å². The van der Waals surface area contributed by atoms with Gasteiger partial charge in [0.05, 0.1) is 0 Å². The molecule has 0 aliphatic rings. The van der Waals surface area contributed by atoms with E-state index in [9.17, 15) is 4.79 Å². The summed E-state index contributed by atoms with van der Waals surface area (Å²) in [5, 5.41) is 6.05. The van der Waals surface area contributed by atoms with E-state index < -0.39 is 0 Å². The number of anilines is 2. The zero-order chi connectivity index (χ0) is 17.6. The largest absolute Gasteiger partial charge is 0.366 e. The lowest BCUT2D eigenvalue weighted by Crippen LogP contribution is -2.14. The predicted octanol–water partition coefficient (Wildman–Crippen LogP) is 4.41. The lowest BCUT2D eigenvalue weighted by Gasteiger charge is -2.09. The molecule has 2 aromatic carbocycles. The van der Waals surface area contributed by atoms with Crippen LogP contribution < -0.4 is 10.6 Å². The Morgan fingerprint density at radius 3 is 2.72 bits per heavy atom. The first-order valence-electron chi connectivity index (χ1n) is 7.79. The van der Waals surface area contributed by atoms with Gasteiger partial charge in [-0.1, -0.05) is 46.3 Å². The van der Waals surface area contributed by atoms with Crippen LogP contribution in [0.4, 0.5) is 11.5 Å². The van der Waals surface area contributed by atoms with Gasteiger partial charge in [0, 0.05) is 22.8 Å². The van der Waals surface area contributed by atoms with Crippen LogP contribution in [0.1, 0.15) is 21.6 Å². The lowest BCUT2D eigenvalue weighted by atomic mass is 10.1. The van der Waals surface area contributed by atoms with E-state index in [4.69, 9.17) is 0 Å². The molecule has 5 nitrogen and oxygen atoms in total. The number of hydrogen-bond acceptors (Lipinski definition) is 4. The Bertz CT molecular complexity index is 898. The average Bonchev–Trinajstić information content (AvgIpc) is 2.61. The van der Waals surface area contributed by atoms with Gasteiger partial charge in [-0.05, 0) is 36.2 Å². The number of hydrogen-bond donors (Lipinski definition) is 2. The molecule has 6 heteroatoms. The molecular formula is C19H17BrN4O. The molecule has 0 fully saturated rings. The third kappa shape index (κ3) is 4.64. The molecule has 1 heterocycles. The van der Waals surface area contributed by atoms with Gasteiger partial charge in [-0.2, -0.15) is 0 Å².